The maximum atomic E-state index is 13.8. The first kappa shape index (κ1) is 15.5. The predicted octanol–water partition coefficient (Wildman–Crippen LogP) is 2.72. The third kappa shape index (κ3) is 3.06. The maximum Gasteiger partial charge on any atom is 0.231 e. The molecule has 1 amide bonds. The second-order valence-electron chi connectivity index (χ2n) is 5.61. The summed E-state index contributed by atoms with van der Waals surface area (Å²) in [6.45, 7) is 5.15. The van der Waals surface area contributed by atoms with Crippen molar-refractivity contribution in [2.24, 2.45) is 5.41 Å². The van der Waals surface area contributed by atoms with Crippen molar-refractivity contribution in [2.45, 2.75) is 33.1 Å². The molecule has 1 aliphatic rings. The van der Waals surface area contributed by atoms with E-state index in [1.807, 2.05) is 13.0 Å². The first-order valence-electron chi connectivity index (χ1n) is 7.25. The normalized spacial score (nSPS) is 21.6. The van der Waals surface area contributed by atoms with Gasteiger partial charge in [-0.25, -0.2) is 4.39 Å². The Bertz CT molecular complexity index is 586. The van der Waals surface area contributed by atoms with Crippen molar-refractivity contribution >= 4 is 11.6 Å². The van der Waals surface area contributed by atoms with E-state index in [1.165, 1.54) is 12.1 Å². The first-order chi connectivity index (χ1) is 10.0. The van der Waals surface area contributed by atoms with E-state index in [4.69, 9.17) is 5.26 Å². The van der Waals surface area contributed by atoms with Gasteiger partial charge in [0, 0.05) is 17.8 Å². The molecule has 1 unspecified atom stereocenters. The van der Waals surface area contributed by atoms with Gasteiger partial charge in [-0.15, -0.1) is 0 Å². The zero-order valence-electron chi connectivity index (χ0n) is 12.4. The highest BCUT2D eigenvalue weighted by Gasteiger charge is 2.38. The van der Waals surface area contributed by atoms with Gasteiger partial charge in [-0.1, -0.05) is 6.92 Å². The molecule has 4 nitrogen and oxygen atoms in total. The van der Waals surface area contributed by atoms with Crippen LogP contribution >= 0.6 is 0 Å². The number of nitriles is 1. The molecule has 1 heterocycles. The van der Waals surface area contributed by atoms with Crippen LogP contribution in [0.25, 0.3) is 0 Å². The van der Waals surface area contributed by atoms with Crippen LogP contribution in [0.15, 0.2) is 12.1 Å². The Hall–Kier alpha value is -1.93. The van der Waals surface area contributed by atoms with Crippen molar-refractivity contribution in [3.63, 3.8) is 0 Å². The summed E-state index contributed by atoms with van der Waals surface area (Å²) in [6.07, 6.45) is 2.50. The number of piperidine rings is 1. The van der Waals surface area contributed by atoms with Crippen LogP contribution in [0.4, 0.5) is 10.1 Å². The van der Waals surface area contributed by atoms with E-state index in [0.717, 1.165) is 25.8 Å². The minimum Gasteiger partial charge on any atom is -0.325 e. The van der Waals surface area contributed by atoms with Crippen LogP contribution in [0.5, 0.6) is 0 Å². The molecule has 0 bridgehead atoms. The summed E-state index contributed by atoms with van der Waals surface area (Å²) in [5.41, 5.74) is 0.497. The summed E-state index contributed by atoms with van der Waals surface area (Å²) in [4.78, 5) is 12.6. The zero-order chi connectivity index (χ0) is 15.5. The van der Waals surface area contributed by atoms with E-state index >= 15 is 0 Å². The smallest absolute Gasteiger partial charge is 0.231 e. The van der Waals surface area contributed by atoms with Gasteiger partial charge in [-0.2, -0.15) is 5.26 Å². The van der Waals surface area contributed by atoms with Crippen LogP contribution in [0.2, 0.25) is 0 Å². The lowest BCUT2D eigenvalue weighted by Crippen LogP contribution is -2.47. The number of hydrogen-bond donors (Lipinski definition) is 2. The number of amides is 1. The van der Waals surface area contributed by atoms with Gasteiger partial charge in [0.1, 0.15) is 5.82 Å². The molecule has 5 heteroatoms. The highest BCUT2D eigenvalue weighted by molar-refractivity contribution is 5.96. The van der Waals surface area contributed by atoms with Crippen molar-refractivity contribution in [1.29, 1.82) is 5.26 Å². The number of halogens is 1. The molecule has 0 spiro atoms. The molecule has 1 fully saturated rings. The van der Waals surface area contributed by atoms with E-state index in [-0.39, 0.29) is 11.5 Å². The van der Waals surface area contributed by atoms with Gasteiger partial charge in [-0.3, -0.25) is 4.79 Å². The Kier molecular flexibility index (Phi) is 4.59. The number of rotatable bonds is 3. The summed E-state index contributed by atoms with van der Waals surface area (Å²) in [5.74, 6) is -0.577. The largest absolute Gasteiger partial charge is 0.325 e. The summed E-state index contributed by atoms with van der Waals surface area (Å²) < 4.78 is 13.8. The molecule has 1 saturated heterocycles. The quantitative estimate of drug-likeness (QED) is 0.899. The molecule has 0 aromatic heterocycles. The molecule has 112 valence electrons. The van der Waals surface area contributed by atoms with Gasteiger partial charge < -0.3 is 10.6 Å². The molecule has 1 aromatic rings. The molecular formula is C16H20FN3O. The molecule has 1 aromatic carbocycles. The number of nitrogens with one attached hydrogen (secondary N) is 2. The Balaban J connectivity index is 2.27. The van der Waals surface area contributed by atoms with E-state index in [2.05, 4.69) is 10.6 Å². The topological polar surface area (TPSA) is 64.9 Å². The average Bonchev–Trinajstić information content (AvgIpc) is 2.52. The van der Waals surface area contributed by atoms with Gasteiger partial charge >= 0.3 is 0 Å². The SMILES string of the molecule is CCC1(C(=O)Nc2cc(C#N)cc(F)c2C)CCCNC1. The standard InChI is InChI=1S/C16H20FN3O/c1-3-16(5-4-6-19-10-16)15(21)20-14-8-12(9-18)7-13(17)11(14)2/h7-8,19H,3-6,10H2,1-2H3,(H,20,21). The second-order valence-corrected chi connectivity index (χ2v) is 5.61. The Morgan fingerprint density at radius 1 is 1.57 bits per heavy atom. The van der Waals surface area contributed by atoms with Gasteiger partial charge in [0.05, 0.1) is 17.0 Å². The number of hydrogen-bond acceptors (Lipinski definition) is 3. The highest BCUT2D eigenvalue weighted by Crippen LogP contribution is 2.32. The van der Waals surface area contributed by atoms with Crippen LogP contribution in [-0.4, -0.2) is 19.0 Å². The molecule has 1 aliphatic heterocycles. The van der Waals surface area contributed by atoms with Crippen LogP contribution in [0.1, 0.15) is 37.3 Å². The third-order valence-electron chi connectivity index (χ3n) is 4.35. The van der Waals surface area contributed by atoms with Gasteiger partial charge in [-0.05, 0) is 44.9 Å². The van der Waals surface area contributed by atoms with Crippen molar-refractivity contribution in [1.82, 2.24) is 5.32 Å². The molecule has 0 radical (unpaired) electrons. The molecule has 0 saturated carbocycles. The average molecular weight is 289 g/mol. The lowest BCUT2D eigenvalue weighted by molar-refractivity contribution is -0.126. The van der Waals surface area contributed by atoms with E-state index in [1.54, 1.807) is 6.92 Å². The number of nitrogens with zero attached hydrogens (tertiary/aromatic N) is 1. The van der Waals surface area contributed by atoms with Gasteiger partial charge in [0.15, 0.2) is 0 Å². The molecule has 1 atom stereocenters. The predicted molar refractivity (Wildman–Crippen MR) is 79.3 cm³/mol. The molecule has 0 aliphatic carbocycles. The van der Waals surface area contributed by atoms with E-state index < -0.39 is 11.2 Å². The minimum atomic E-state index is -0.475. The molecule has 21 heavy (non-hydrogen) atoms. The highest BCUT2D eigenvalue weighted by atomic mass is 19.1. The lowest BCUT2D eigenvalue weighted by Gasteiger charge is -2.35. The number of benzene rings is 1. The van der Waals surface area contributed by atoms with Crippen molar-refractivity contribution < 1.29 is 9.18 Å². The summed E-state index contributed by atoms with van der Waals surface area (Å²) >= 11 is 0. The molecular weight excluding hydrogens is 269 g/mol. The molecule has 2 rings (SSSR count). The fourth-order valence-corrected chi connectivity index (χ4v) is 2.75. The zero-order valence-corrected chi connectivity index (χ0v) is 12.4. The fourth-order valence-electron chi connectivity index (χ4n) is 2.75. The van der Waals surface area contributed by atoms with E-state index in [9.17, 15) is 9.18 Å². The van der Waals surface area contributed by atoms with Crippen LogP contribution in [0.3, 0.4) is 0 Å². The van der Waals surface area contributed by atoms with Crippen molar-refractivity contribution in [3.05, 3.63) is 29.1 Å². The summed E-state index contributed by atoms with van der Waals surface area (Å²) in [5, 5.41) is 15.0. The van der Waals surface area contributed by atoms with Crippen molar-refractivity contribution in [3.8, 4) is 6.07 Å². The van der Waals surface area contributed by atoms with E-state index in [0.29, 0.717) is 17.8 Å². The lowest BCUT2D eigenvalue weighted by atomic mass is 9.77. The Morgan fingerprint density at radius 2 is 2.33 bits per heavy atom. The Labute approximate surface area is 124 Å². The van der Waals surface area contributed by atoms with Crippen molar-refractivity contribution in [2.75, 3.05) is 18.4 Å². The monoisotopic (exact) mass is 289 g/mol. The number of anilines is 1. The first-order valence-corrected chi connectivity index (χ1v) is 7.25. The number of carbonyl (C=O) groups excluding carboxylic acids is 1. The van der Waals surface area contributed by atoms with Gasteiger partial charge in [0.25, 0.3) is 0 Å². The summed E-state index contributed by atoms with van der Waals surface area (Å²) in [7, 11) is 0. The maximum absolute atomic E-state index is 13.8. The second kappa shape index (κ2) is 6.23. The number of carbonyl (C=O) groups is 1. The van der Waals surface area contributed by atoms with Crippen LogP contribution < -0.4 is 10.6 Å². The van der Waals surface area contributed by atoms with Crippen LogP contribution in [-0.2, 0) is 4.79 Å². The molecule has 2 N–H and O–H groups in total. The Morgan fingerprint density at radius 3 is 2.90 bits per heavy atom. The van der Waals surface area contributed by atoms with Gasteiger partial charge in [0.2, 0.25) is 5.91 Å². The summed E-state index contributed by atoms with van der Waals surface area (Å²) in [6, 6.07) is 4.62. The minimum absolute atomic E-state index is 0.102. The fraction of sp³-hybridized carbons (Fsp3) is 0.500. The third-order valence-corrected chi connectivity index (χ3v) is 4.35. The van der Waals surface area contributed by atoms with Crippen LogP contribution in [0, 0.1) is 29.5 Å².